The van der Waals surface area contributed by atoms with Crippen molar-refractivity contribution in [3.05, 3.63) is 40.9 Å². The number of thioether (sulfide) groups is 1. The lowest BCUT2D eigenvalue weighted by atomic mass is 10.2. The van der Waals surface area contributed by atoms with Gasteiger partial charge in [0, 0.05) is 5.38 Å². The predicted octanol–water partition coefficient (Wildman–Crippen LogP) is 2.85. The zero-order valence-corrected chi connectivity index (χ0v) is 14.6. The Morgan fingerprint density at radius 3 is 2.96 bits per heavy atom. The fraction of sp³-hybridized carbons (Fsp3) is 0.250. The monoisotopic (exact) mass is 361 g/mol. The highest BCUT2D eigenvalue weighted by atomic mass is 32.2. The standard InChI is InChI=1S/C16H15N3O3S2/c1-2-22-15(21)7-12-9-23-16(18-12)24-10-14(20)19-13-6-4-3-5-11(13)8-17/h3-6,9H,2,7,10H2,1H3,(H,19,20). The molecule has 0 aliphatic rings. The van der Waals surface area contributed by atoms with Crippen LogP contribution in [0.5, 0.6) is 0 Å². The molecule has 1 heterocycles. The first-order valence-electron chi connectivity index (χ1n) is 7.14. The summed E-state index contributed by atoms with van der Waals surface area (Å²) >= 11 is 2.66. The maximum Gasteiger partial charge on any atom is 0.311 e. The van der Waals surface area contributed by atoms with E-state index in [0.717, 1.165) is 0 Å². The average Bonchev–Trinajstić information content (AvgIpc) is 3.01. The molecule has 24 heavy (non-hydrogen) atoms. The van der Waals surface area contributed by atoms with Crippen molar-refractivity contribution in [2.75, 3.05) is 17.7 Å². The van der Waals surface area contributed by atoms with Crippen LogP contribution in [0.4, 0.5) is 5.69 Å². The van der Waals surface area contributed by atoms with E-state index in [-0.39, 0.29) is 24.1 Å². The van der Waals surface area contributed by atoms with Crippen LogP contribution >= 0.6 is 23.1 Å². The summed E-state index contributed by atoms with van der Waals surface area (Å²) in [5.74, 6) is -0.360. The fourth-order valence-electron chi connectivity index (χ4n) is 1.80. The summed E-state index contributed by atoms with van der Waals surface area (Å²) in [5.41, 5.74) is 1.55. The molecule has 1 aromatic carbocycles. The minimum atomic E-state index is -0.315. The van der Waals surface area contributed by atoms with Gasteiger partial charge in [-0.25, -0.2) is 4.98 Å². The van der Waals surface area contributed by atoms with Crippen LogP contribution in [0.15, 0.2) is 34.0 Å². The molecule has 1 aromatic heterocycles. The molecule has 6 nitrogen and oxygen atoms in total. The zero-order chi connectivity index (χ0) is 17.4. The number of ether oxygens (including phenoxy) is 1. The Balaban J connectivity index is 1.85. The van der Waals surface area contributed by atoms with Crippen LogP contribution in [0.2, 0.25) is 0 Å². The molecule has 8 heteroatoms. The van der Waals surface area contributed by atoms with Crippen LogP contribution in [0.1, 0.15) is 18.2 Å². The van der Waals surface area contributed by atoms with Crippen LogP contribution in [-0.2, 0) is 20.7 Å². The van der Waals surface area contributed by atoms with E-state index in [1.54, 1.807) is 36.6 Å². The number of hydrogen-bond donors (Lipinski definition) is 1. The number of nitrogens with zero attached hydrogens (tertiary/aromatic N) is 2. The molecule has 0 unspecified atom stereocenters. The van der Waals surface area contributed by atoms with E-state index in [1.165, 1.54) is 23.1 Å². The third-order valence-electron chi connectivity index (χ3n) is 2.81. The molecule has 0 radical (unpaired) electrons. The number of nitriles is 1. The number of esters is 1. The second kappa shape index (κ2) is 9.05. The van der Waals surface area contributed by atoms with Gasteiger partial charge in [-0.05, 0) is 19.1 Å². The molecule has 1 N–H and O–H groups in total. The fourth-order valence-corrected chi connectivity index (χ4v) is 3.44. The Bertz CT molecular complexity index is 768. The van der Waals surface area contributed by atoms with Crippen LogP contribution < -0.4 is 5.32 Å². The second-order valence-electron chi connectivity index (χ2n) is 4.58. The number of nitrogens with one attached hydrogen (secondary N) is 1. The van der Waals surface area contributed by atoms with Crippen LogP contribution in [0.25, 0.3) is 0 Å². The quantitative estimate of drug-likeness (QED) is 0.602. The van der Waals surface area contributed by atoms with Gasteiger partial charge in [-0.2, -0.15) is 5.26 Å². The van der Waals surface area contributed by atoms with Gasteiger partial charge < -0.3 is 10.1 Å². The molecule has 124 valence electrons. The molecule has 0 saturated heterocycles. The zero-order valence-electron chi connectivity index (χ0n) is 12.9. The van der Waals surface area contributed by atoms with Crippen molar-refractivity contribution in [2.45, 2.75) is 17.7 Å². The number of carbonyl (C=O) groups excluding carboxylic acids is 2. The summed E-state index contributed by atoms with van der Waals surface area (Å²) in [6.45, 7) is 2.10. The molecule has 0 aliphatic heterocycles. The average molecular weight is 361 g/mol. The highest BCUT2D eigenvalue weighted by molar-refractivity contribution is 8.01. The summed E-state index contributed by atoms with van der Waals surface area (Å²) in [7, 11) is 0. The first kappa shape index (κ1) is 18.0. The number of carbonyl (C=O) groups is 2. The highest BCUT2D eigenvalue weighted by Crippen LogP contribution is 2.23. The van der Waals surface area contributed by atoms with Crippen molar-refractivity contribution in [1.29, 1.82) is 5.26 Å². The molecule has 2 rings (SSSR count). The first-order chi connectivity index (χ1) is 11.6. The maximum absolute atomic E-state index is 12.0. The van der Waals surface area contributed by atoms with Gasteiger partial charge in [0.25, 0.3) is 0 Å². The van der Waals surface area contributed by atoms with E-state index in [0.29, 0.717) is 27.9 Å². The molecular formula is C16H15N3O3S2. The van der Waals surface area contributed by atoms with E-state index in [9.17, 15) is 9.59 Å². The van der Waals surface area contributed by atoms with Crippen molar-refractivity contribution in [1.82, 2.24) is 4.98 Å². The van der Waals surface area contributed by atoms with E-state index >= 15 is 0 Å². The van der Waals surface area contributed by atoms with Crippen molar-refractivity contribution in [2.24, 2.45) is 0 Å². The molecule has 0 saturated carbocycles. The number of rotatable bonds is 7. The molecule has 2 aromatic rings. The third-order valence-corrected chi connectivity index (χ3v) is 4.88. The molecule has 0 atom stereocenters. The molecule has 1 amide bonds. The van der Waals surface area contributed by atoms with Gasteiger partial charge in [0.05, 0.1) is 35.7 Å². The van der Waals surface area contributed by atoms with Crippen LogP contribution in [0, 0.1) is 11.3 Å². The smallest absolute Gasteiger partial charge is 0.311 e. The van der Waals surface area contributed by atoms with Gasteiger partial charge in [0.15, 0.2) is 4.34 Å². The Hall–Kier alpha value is -2.37. The first-order valence-corrected chi connectivity index (χ1v) is 9.00. The Kier molecular flexibility index (Phi) is 6.78. The van der Waals surface area contributed by atoms with Crippen molar-refractivity contribution in [3.63, 3.8) is 0 Å². The van der Waals surface area contributed by atoms with Gasteiger partial charge in [-0.15, -0.1) is 11.3 Å². The van der Waals surface area contributed by atoms with Crippen molar-refractivity contribution in [3.8, 4) is 6.07 Å². The molecule has 0 aliphatic carbocycles. The van der Waals surface area contributed by atoms with Gasteiger partial charge in [0.2, 0.25) is 5.91 Å². The lowest BCUT2D eigenvalue weighted by Gasteiger charge is -2.05. The summed E-state index contributed by atoms with van der Waals surface area (Å²) in [6.07, 6.45) is 0.132. The highest BCUT2D eigenvalue weighted by Gasteiger charge is 2.11. The number of aromatic nitrogens is 1. The van der Waals surface area contributed by atoms with E-state index in [2.05, 4.69) is 10.3 Å². The molecule has 0 fully saturated rings. The number of amides is 1. The van der Waals surface area contributed by atoms with Crippen molar-refractivity contribution >= 4 is 40.7 Å². The van der Waals surface area contributed by atoms with E-state index in [1.807, 2.05) is 6.07 Å². The minimum absolute atomic E-state index is 0.132. The third kappa shape index (κ3) is 5.37. The van der Waals surface area contributed by atoms with Gasteiger partial charge in [0.1, 0.15) is 6.07 Å². The number of hydrogen-bond acceptors (Lipinski definition) is 7. The van der Waals surface area contributed by atoms with E-state index in [4.69, 9.17) is 10.00 Å². The SMILES string of the molecule is CCOC(=O)Cc1csc(SCC(=O)Nc2ccccc2C#N)n1. The normalized spacial score (nSPS) is 10.0. The largest absolute Gasteiger partial charge is 0.466 e. The Morgan fingerprint density at radius 2 is 2.21 bits per heavy atom. The number of benzene rings is 1. The van der Waals surface area contributed by atoms with E-state index < -0.39 is 0 Å². The molecule has 0 spiro atoms. The minimum Gasteiger partial charge on any atom is -0.466 e. The van der Waals surface area contributed by atoms with Crippen LogP contribution in [0.3, 0.4) is 0 Å². The van der Waals surface area contributed by atoms with Gasteiger partial charge in [-0.3, -0.25) is 9.59 Å². The van der Waals surface area contributed by atoms with Gasteiger partial charge >= 0.3 is 5.97 Å². The summed E-state index contributed by atoms with van der Waals surface area (Å²) in [6, 6.07) is 8.85. The summed E-state index contributed by atoms with van der Waals surface area (Å²) in [4.78, 5) is 27.7. The number of thiazole rings is 1. The van der Waals surface area contributed by atoms with Gasteiger partial charge in [-0.1, -0.05) is 23.9 Å². The molecule has 0 bridgehead atoms. The molecular weight excluding hydrogens is 346 g/mol. The number of anilines is 1. The number of para-hydroxylation sites is 1. The maximum atomic E-state index is 12.0. The lowest BCUT2D eigenvalue weighted by Crippen LogP contribution is -2.14. The lowest BCUT2D eigenvalue weighted by molar-refractivity contribution is -0.142. The summed E-state index contributed by atoms with van der Waals surface area (Å²) in [5, 5.41) is 13.5. The van der Waals surface area contributed by atoms with Crippen LogP contribution in [-0.4, -0.2) is 29.2 Å². The Labute approximate surface area is 147 Å². The predicted molar refractivity (Wildman–Crippen MR) is 93.0 cm³/mol. The summed E-state index contributed by atoms with van der Waals surface area (Å²) < 4.78 is 5.58. The Morgan fingerprint density at radius 1 is 1.42 bits per heavy atom. The topological polar surface area (TPSA) is 92.1 Å². The second-order valence-corrected chi connectivity index (χ2v) is 6.66. The van der Waals surface area contributed by atoms with Crippen molar-refractivity contribution < 1.29 is 14.3 Å².